The van der Waals surface area contributed by atoms with Crippen LogP contribution in [0.25, 0.3) is 16.8 Å². The van der Waals surface area contributed by atoms with Gasteiger partial charge in [0.2, 0.25) is 5.91 Å². The van der Waals surface area contributed by atoms with Crippen molar-refractivity contribution in [2.75, 3.05) is 89.0 Å². The van der Waals surface area contributed by atoms with Gasteiger partial charge in [-0.2, -0.15) is 11.8 Å². The van der Waals surface area contributed by atoms with Crippen LogP contribution >= 0.6 is 11.8 Å². The van der Waals surface area contributed by atoms with E-state index in [1.807, 2.05) is 51.5 Å². The fourth-order valence-electron chi connectivity index (χ4n) is 11.3. The number of carbonyl (C=O) groups is 6. The number of thioether (sulfide) groups is 1. The summed E-state index contributed by atoms with van der Waals surface area (Å²) in [7, 11) is 0. The third kappa shape index (κ3) is 19.0. The Labute approximate surface area is 481 Å². The number of ketones is 3. The predicted octanol–water partition coefficient (Wildman–Crippen LogP) is 8.39. The first kappa shape index (κ1) is 61.0. The number of ether oxygens (including phenoxy) is 2. The molecule has 3 aromatic heterocycles. The number of hydrogen-bond donors (Lipinski definition) is 4. The molecule has 4 saturated heterocycles. The van der Waals surface area contributed by atoms with E-state index in [2.05, 4.69) is 35.7 Å². The maximum absolute atomic E-state index is 13.7. The van der Waals surface area contributed by atoms with Crippen molar-refractivity contribution in [1.29, 1.82) is 0 Å². The summed E-state index contributed by atoms with van der Waals surface area (Å²) < 4.78 is 13.5. The lowest BCUT2D eigenvalue weighted by Crippen LogP contribution is -2.46. The van der Waals surface area contributed by atoms with Crippen LogP contribution in [-0.2, 0) is 28.7 Å². The van der Waals surface area contributed by atoms with Crippen LogP contribution in [0.2, 0.25) is 0 Å². The topological polar surface area (TPSA) is 236 Å². The molecule has 0 unspecified atom stereocenters. The first-order valence-electron chi connectivity index (χ1n) is 29.9. The van der Waals surface area contributed by atoms with Crippen molar-refractivity contribution in [2.24, 2.45) is 0 Å². The summed E-state index contributed by atoms with van der Waals surface area (Å²) in [5.74, 6) is 2.96. The maximum Gasteiger partial charge on any atom is 0.315 e. The summed E-state index contributed by atoms with van der Waals surface area (Å²) in [6.07, 6.45) is 24.6. The monoisotopic (exact) mass is 1130 g/mol. The standard InChI is InChI=1S/C61H85N11O8S/c62-58-57-55(45-26-28-46(29-27-45)60(77)66-53-24-4-7-30-63-53)67-59(72(57)35-31-64-58)51-22-14-34-71(51)54(76)25-15-33-70-38-36-69(37-39-70)32-13-21-49(75)20-12-19-48(74)18-6-11-43-80-41-9-1-8-40-79-42-10-5-17-47(73)16-2-3-23-52-56-50(44-81-52)65-61(78)68-56/h4,7,15,24-31,35,50-52,56H,1-3,5-6,8-14,16-23,32-34,36-44H2,(H2,62,64)(H,63,66,77)(H2,65,68,78)/b25-15+/t50-,51-,52-,56-/m0/s1. The number of fused-ring (bicyclic) bond motifs is 2. The summed E-state index contributed by atoms with van der Waals surface area (Å²) in [6, 6.07) is 12.7. The normalized spacial score (nSPS) is 19.3. The number of Topliss-reactive ketones (excluding diaryl/α,β-unsaturated/α-hetero) is 3. The SMILES string of the molecule is Nc1nccn2c([C@@H]3CCCN3C(=O)/C=C/CN3CCN(CCCC(=O)CCCC(=O)CCCCOCCCCCOCCCCC(=O)CCCC[C@@H]4SC[C@@H]5NC(=O)N[C@@H]54)CC3)nc(-c3ccc(C(=O)Nc4ccccn4)cc3)c12. The Morgan fingerprint density at radius 2 is 1.37 bits per heavy atom. The molecular weight excluding hydrogens is 1050 g/mol. The lowest BCUT2D eigenvalue weighted by atomic mass is 10.0. The molecule has 4 fully saturated rings. The Bertz CT molecular complexity index is 2700. The van der Waals surface area contributed by atoms with E-state index in [0.29, 0.717) is 111 Å². The van der Waals surface area contributed by atoms with Crippen LogP contribution in [0.3, 0.4) is 0 Å². The van der Waals surface area contributed by atoms with Crippen molar-refractivity contribution < 1.29 is 38.2 Å². The molecule has 81 heavy (non-hydrogen) atoms. The Hall–Kier alpha value is -6.06. The zero-order valence-corrected chi connectivity index (χ0v) is 48.1. The average molecular weight is 1130 g/mol. The lowest BCUT2D eigenvalue weighted by Gasteiger charge is -2.34. The zero-order valence-electron chi connectivity index (χ0n) is 47.2. The highest BCUT2D eigenvalue weighted by Crippen LogP contribution is 2.37. The van der Waals surface area contributed by atoms with E-state index in [9.17, 15) is 28.8 Å². The van der Waals surface area contributed by atoms with Crippen molar-refractivity contribution in [2.45, 2.75) is 152 Å². The molecule has 4 aliphatic heterocycles. The number of urea groups is 1. The van der Waals surface area contributed by atoms with E-state index < -0.39 is 0 Å². The number of benzene rings is 1. The van der Waals surface area contributed by atoms with Crippen molar-refractivity contribution in [1.82, 2.24) is 44.7 Å². The lowest BCUT2D eigenvalue weighted by molar-refractivity contribution is -0.127. The van der Waals surface area contributed by atoms with E-state index in [1.165, 1.54) is 0 Å². The van der Waals surface area contributed by atoms with Crippen LogP contribution in [0.15, 0.2) is 73.2 Å². The number of aromatic nitrogens is 4. The number of imidazole rings is 1. The quantitative estimate of drug-likeness (QED) is 0.0190. The highest BCUT2D eigenvalue weighted by molar-refractivity contribution is 8.00. The number of unbranched alkanes of at least 4 members (excludes halogenated alkanes) is 5. The third-order valence-corrected chi connectivity index (χ3v) is 17.4. The minimum atomic E-state index is -0.273. The largest absolute Gasteiger partial charge is 0.382 e. The van der Waals surface area contributed by atoms with Gasteiger partial charge in [0.25, 0.3) is 5.91 Å². The molecular formula is C61H85N11O8S. The summed E-state index contributed by atoms with van der Waals surface area (Å²) in [4.78, 5) is 95.9. The van der Waals surface area contributed by atoms with E-state index in [1.54, 1.807) is 42.7 Å². The van der Waals surface area contributed by atoms with Crippen LogP contribution in [-0.4, -0.2) is 165 Å². The summed E-state index contributed by atoms with van der Waals surface area (Å²) in [5, 5.41) is 9.28. The number of piperazine rings is 1. The van der Waals surface area contributed by atoms with E-state index in [0.717, 1.165) is 147 Å². The zero-order chi connectivity index (χ0) is 56.6. The van der Waals surface area contributed by atoms with Gasteiger partial charge in [-0.3, -0.25) is 33.3 Å². The van der Waals surface area contributed by atoms with Gasteiger partial charge in [-0.25, -0.2) is 19.7 Å². The Morgan fingerprint density at radius 1 is 0.716 bits per heavy atom. The van der Waals surface area contributed by atoms with Gasteiger partial charge in [0.15, 0.2) is 0 Å². The number of nitrogens with two attached hydrogens (primary N) is 1. The number of rotatable bonds is 36. The molecule has 0 saturated carbocycles. The number of nitrogens with one attached hydrogen (secondary N) is 3. The molecule has 4 aromatic rings. The molecule has 0 bridgehead atoms. The molecule has 1 aromatic carbocycles. The summed E-state index contributed by atoms with van der Waals surface area (Å²) in [5.41, 5.74) is 8.99. The third-order valence-electron chi connectivity index (χ3n) is 15.9. The van der Waals surface area contributed by atoms with Gasteiger partial charge in [-0.1, -0.05) is 30.7 Å². The van der Waals surface area contributed by atoms with Crippen LogP contribution in [0.4, 0.5) is 16.4 Å². The van der Waals surface area contributed by atoms with Gasteiger partial charge < -0.3 is 41.0 Å². The fraction of sp³-hybridized carbons (Fsp3) is 0.590. The molecule has 4 amide bonds. The van der Waals surface area contributed by atoms with Crippen molar-refractivity contribution in [3.05, 3.63) is 84.6 Å². The summed E-state index contributed by atoms with van der Waals surface area (Å²) >= 11 is 1.93. The second-order valence-corrected chi connectivity index (χ2v) is 23.2. The number of carbonyl (C=O) groups excluding carboxylic acids is 6. The number of likely N-dealkylation sites (tertiary alicyclic amines) is 1. The molecule has 0 aliphatic carbocycles. The molecule has 19 nitrogen and oxygen atoms in total. The first-order chi connectivity index (χ1) is 39.6. The smallest absolute Gasteiger partial charge is 0.315 e. The molecule has 438 valence electrons. The number of amides is 4. The molecule has 20 heteroatoms. The van der Waals surface area contributed by atoms with E-state index in [4.69, 9.17) is 20.2 Å². The highest BCUT2D eigenvalue weighted by atomic mass is 32.2. The predicted molar refractivity (Wildman–Crippen MR) is 316 cm³/mol. The van der Waals surface area contributed by atoms with Crippen molar-refractivity contribution in [3.8, 4) is 11.3 Å². The van der Waals surface area contributed by atoms with Crippen LogP contribution < -0.4 is 21.7 Å². The van der Waals surface area contributed by atoms with Crippen molar-refractivity contribution >= 4 is 64.1 Å². The number of nitrogen functional groups attached to an aromatic ring is 1. The number of nitrogens with zero attached hydrogens (tertiary/aromatic N) is 7. The number of hydrogen-bond acceptors (Lipinski definition) is 15. The second kappa shape index (κ2) is 32.5. The van der Waals surface area contributed by atoms with Crippen LogP contribution in [0, 0.1) is 0 Å². The summed E-state index contributed by atoms with van der Waals surface area (Å²) in [6.45, 7) is 8.57. The van der Waals surface area contributed by atoms with Gasteiger partial charge >= 0.3 is 6.03 Å². The Balaban J connectivity index is 0.597. The van der Waals surface area contributed by atoms with E-state index >= 15 is 0 Å². The second-order valence-electron chi connectivity index (χ2n) is 22.0. The molecule has 8 rings (SSSR count). The Kier molecular flexibility index (Phi) is 24.5. The molecule has 4 atom stereocenters. The minimum absolute atomic E-state index is 0.0478. The van der Waals surface area contributed by atoms with E-state index in [-0.39, 0.29) is 47.5 Å². The molecule has 7 heterocycles. The maximum atomic E-state index is 13.7. The van der Waals surface area contributed by atoms with Crippen molar-refractivity contribution in [3.63, 3.8) is 0 Å². The van der Waals surface area contributed by atoms with Crippen LogP contribution in [0.5, 0.6) is 0 Å². The van der Waals surface area contributed by atoms with Gasteiger partial charge in [0, 0.05) is 151 Å². The van der Waals surface area contributed by atoms with Crippen LogP contribution in [0.1, 0.15) is 151 Å². The first-order valence-corrected chi connectivity index (χ1v) is 30.9. The fourth-order valence-corrected chi connectivity index (χ4v) is 12.9. The van der Waals surface area contributed by atoms with Gasteiger partial charge in [-0.05, 0) is 114 Å². The number of pyridine rings is 1. The molecule has 5 N–H and O–H groups in total. The average Bonchev–Trinajstić information content (AvgIpc) is 4.04. The Morgan fingerprint density at radius 3 is 2.06 bits per heavy atom. The van der Waals surface area contributed by atoms with Gasteiger partial charge in [0.1, 0.15) is 46.0 Å². The minimum Gasteiger partial charge on any atom is -0.382 e. The molecule has 0 radical (unpaired) electrons. The highest BCUT2D eigenvalue weighted by Gasteiger charge is 2.42. The molecule has 4 aliphatic rings. The van der Waals surface area contributed by atoms with Gasteiger partial charge in [0.05, 0.1) is 18.1 Å². The van der Waals surface area contributed by atoms with Gasteiger partial charge in [-0.15, -0.1) is 0 Å². The molecule has 0 spiro atoms. The number of anilines is 2.